The van der Waals surface area contributed by atoms with Crippen molar-refractivity contribution in [2.75, 3.05) is 0 Å². The quantitative estimate of drug-likeness (QED) is 0.710. The number of tetrazole rings is 1. The van der Waals surface area contributed by atoms with E-state index in [9.17, 15) is 0 Å². The summed E-state index contributed by atoms with van der Waals surface area (Å²) in [5.74, 6) is 0.673. The molecule has 0 bridgehead atoms. The summed E-state index contributed by atoms with van der Waals surface area (Å²) >= 11 is 0. The number of aromatic nitrogens is 6. The van der Waals surface area contributed by atoms with Gasteiger partial charge in [0.1, 0.15) is 6.33 Å². The van der Waals surface area contributed by atoms with Gasteiger partial charge in [-0.3, -0.25) is 0 Å². The zero-order chi connectivity index (χ0) is 10.5. The second-order valence-electron chi connectivity index (χ2n) is 3.00. The molecule has 0 saturated heterocycles. The van der Waals surface area contributed by atoms with Crippen molar-refractivity contribution in [1.29, 1.82) is 0 Å². The fraction of sp³-hybridized carbons (Fsp3) is 0.375. The van der Waals surface area contributed by atoms with E-state index in [2.05, 4.69) is 30.7 Å². The first-order valence-corrected chi connectivity index (χ1v) is 4.53. The van der Waals surface area contributed by atoms with Crippen molar-refractivity contribution in [3.63, 3.8) is 0 Å². The number of nitrogens with zero attached hydrogens (tertiary/aromatic N) is 6. The van der Waals surface area contributed by atoms with Gasteiger partial charge in [0.2, 0.25) is 0 Å². The highest BCUT2D eigenvalue weighted by atomic mass is 15.6. The fourth-order valence-corrected chi connectivity index (χ4v) is 1.12. The first-order valence-electron chi connectivity index (χ1n) is 4.53. The van der Waals surface area contributed by atoms with E-state index in [1.807, 2.05) is 6.07 Å². The van der Waals surface area contributed by atoms with Crippen molar-refractivity contribution in [1.82, 2.24) is 35.5 Å². The molecular weight excluding hydrogens is 194 g/mol. The Hall–Kier alpha value is -1.89. The maximum Gasteiger partial charge on any atom is 0.188 e. The molecule has 0 aliphatic rings. The van der Waals surface area contributed by atoms with Gasteiger partial charge in [-0.2, -0.15) is 4.80 Å². The number of hydrogen-bond donors (Lipinski definition) is 1. The van der Waals surface area contributed by atoms with E-state index in [4.69, 9.17) is 0 Å². The van der Waals surface area contributed by atoms with Crippen LogP contribution in [-0.2, 0) is 20.1 Å². The molecular formula is C8H11N7. The third kappa shape index (κ3) is 2.78. The smallest absolute Gasteiger partial charge is 0.188 e. The van der Waals surface area contributed by atoms with Gasteiger partial charge in [-0.25, -0.2) is 9.97 Å². The minimum absolute atomic E-state index is 0.581. The molecule has 7 nitrogen and oxygen atoms in total. The summed E-state index contributed by atoms with van der Waals surface area (Å²) < 4.78 is 0. The maximum absolute atomic E-state index is 4.08. The van der Waals surface area contributed by atoms with Crippen molar-refractivity contribution >= 4 is 0 Å². The lowest BCUT2D eigenvalue weighted by Gasteiger charge is -1.99. The number of aryl methyl sites for hydroxylation is 1. The van der Waals surface area contributed by atoms with Gasteiger partial charge in [0.05, 0.1) is 19.3 Å². The normalized spacial score (nSPS) is 10.5. The van der Waals surface area contributed by atoms with Crippen LogP contribution in [0.4, 0.5) is 0 Å². The standard InChI is InChI=1S/C8H11N7/c1-15-13-8(12-14-15)5-10-4-7-2-3-9-6-11-7/h2-3,6,10H,4-5H2,1H3. The summed E-state index contributed by atoms with van der Waals surface area (Å²) in [5, 5.41) is 14.8. The van der Waals surface area contributed by atoms with Gasteiger partial charge in [0, 0.05) is 12.7 Å². The van der Waals surface area contributed by atoms with Crippen LogP contribution in [0, 0.1) is 0 Å². The first kappa shape index (κ1) is 9.66. The summed E-state index contributed by atoms with van der Waals surface area (Å²) in [7, 11) is 1.74. The molecule has 0 aliphatic carbocycles. The molecule has 2 heterocycles. The predicted molar refractivity (Wildman–Crippen MR) is 51.4 cm³/mol. The maximum atomic E-state index is 4.08. The van der Waals surface area contributed by atoms with Crippen LogP contribution in [0.2, 0.25) is 0 Å². The second kappa shape index (κ2) is 4.56. The summed E-state index contributed by atoms with van der Waals surface area (Å²) in [5.41, 5.74) is 0.939. The lowest BCUT2D eigenvalue weighted by atomic mass is 10.4. The number of rotatable bonds is 4. The molecule has 0 aliphatic heterocycles. The summed E-state index contributed by atoms with van der Waals surface area (Å²) in [6.45, 7) is 1.25. The van der Waals surface area contributed by atoms with E-state index < -0.39 is 0 Å². The van der Waals surface area contributed by atoms with Crippen LogP contribution in [-0.4, -0.2) is 30.2 Å². The predicted octanol–water partition coefficient (Wildman–Crippen LogP) is -0.710. The van der Waals surface area contributed by atoms with E-state index in [0.717, 1.165) is 5.69 Å². The lowest BCUT2D eigenvalue weighted by Crippen LogP contribution is -2.14. The Morgan fingerprint density at radius 1 is 1.40 bits per heavy atom. The second-order valence-corrected chi connectivity index (χ2v) is 3.00. The number of nitrogens with one attached hydrogen (secondary N) is 1. The van der Waals surface area contributed by atoms with Gasteiger partial charge in [-0.15, -0.1) is 10.2 Å². The van der Waals surface area contributed by atoms with Crippen molar-refractivity contribution in [2.45, 2.75) is 13.1 Å². The Morgan fingerprint density at radius 3 is 3.00 bits per heavy atom. The molecule has 2 rings (SSSR count). The Labute approximate surface area is 86.6 Å². The summed E-state index contributed by atoms with van der Waals surface area (Å²) in [4.78, 5) is 9.35. The van der Waals surface area contributed by atoms with Crippen LogP contribution in [0.15, 0.2) is 18.6 Å². The van der Waals surface area contributed by atoms with Gasteiger partial charge in [-0.1, -0.05) is 0 Å². The molecule has 0 radical (unpaired) electrons. The molecule has 78 valence electrons. The molecule has 0 saturated carbocycles. The zero-order valence-corrected chi connectivity index (χ0v) is 8.33. The minimum atomic E-state index is 0.581. The van der Waals surface area contributed by atoms with Crippen molar-refractivity contribution in [3.8, 4) is 0 Å². The van der Waals surface area contributed by atoms with E-state index in [1.165, 1.54) is 11.1 Å². The molecule has 2 aromatic rings. The van der Waals surface area contributed by atoms with Gasteiger partial charge in [-0.05, 0) is 11.3 Å². The lowest BCUT2D eigenvalue weighted by molar-refractivity contribution is 0.617. The third-order valence-corrected chi connectivity index (χ3v) is 1.78. The molecule has 0 unspecified atom stereocenters. The summed E-state index contributed by atoms with van der Waals surface area (Å²) in [6.07, 6.45) is 3.24. The Kier molecular flexibility index (Phi) is 2.93. The Balaban J connectivity index is 1.80. The average molecular weight is 205 g/mol. The Morgan fingerprint density at radius 2 is 2.33 bits per heavy atom. The molecule has 0 spiro atoms. The molecule has 7 heteroatoms. The topological polar surface area (TPSA) is 81.4 Å². The van der Waals surface area contributed by atoms with Crippen LogP contribution < -0.4 is 5.32 Å². The van der Waals surface area contributed by atoms with Crippen LogP contribution in [0.5, 0.6) is 0 Å². The van der Waals surface area contributed by atoms with Crippen LogP contribution in [0.1, 0.15) is 11.5 Å². The first-order chi connectivity index (χ1) is 7.34. The molecule has 1 N–H and O–H groups in total. The molecule has 2 aromatic heterocycles. The third-order valence-electron chi connectivity index (χ3n) is 1.78. The fourth-order valence-electron chi connectivity index (χ4n) is 1.12. The van der Waals surface area contributed by atoms with E-state index in [-0.39, 0.29) is 0 Å². The molecule has 15 heavy (non-hydrogen) atoms. The summed E-state index contributed by atoms with van der Waals surface area (Å²) in [6, 6.07) is 1.86. The minimum Gasteiger partial charge on any atom is -0.304 e. The highest BCUT2D eigenvalue weighted by Gasteiger charge is 1.99. The van der Waals surface area contributed by atoms with Gasteiger partial charge in [0.15, 0.2) is 5.82 Å². The van der Waals surface area contributed by atoms with Gasteiger partial charge in [0.25, 0.3) is 0 Å². The number of hydrogen-bond acceptors (Lipinski definition) is 6. The van der Waals surface area contributed by atoms with E-state index in [0.29, 0.717) is 18.9 Å². The molecule has 0 amide bonds. The molecule has 0 atom stereocenters. The highest BCUT2D eigenvalue weighted by Crippen LogP contribution is 1.91. The van der Waals surface area contributed by atoms with Crippen molar-refractivity contribution in [2.24, 2.45) is 7.05 Å². The van der Waals surface area contributed by atoms with Crippen LogP contribution >= 0.6 is 0 Å². The van der Waals surface area contributed by atoms with Crippen molar-refractivity contribution < 1.29 is 0 Å². The van der Waals surface area contributed by atoms with Crippen molar-refractivity contribution in [3.05, 3.63) is 30.1 Å². The average Bonchev–Trinajstić information content (AvgIpc) is 2.66. The van der Waals surface area contributed by atoms with E-state index in [1.54, 1.807) is 13.2 Å². The molecule has 0 fully saturated rings. The van der Waals surface area contributed by atoms with Crippen LogP contribution in [0.25, 0.3) is 0 Å². The highest BCUT2D eigenvalue weighted by molar-refractivity contribution is 4.97. The Bertz CT molecular complexity index is 410. The van der Waals surface area contributed by atoms with Crippen LogP contribution in [0.3, 0.4) is 0 Å². The monoisotopic (exact) mass is 205 g/mol. The largest absolute Gasteiger partial charge is 0.304 e. The van der Waals surface area contributed by atoms with Gasteiger partial charge < -0.3 is 5.32 Å². The van der Waals surface area contributed by atoms with E-state index >= 15 is 0 Å². The van der Waals surface area contributed by atoms with Gasteiger partial charge >= 0.3 is 0 Å². The zero-order valence-electron chi connectivity index (χ0n) is 8.33. The SMILES string of the molecule is Cn1nnc(CNCc2ccncn2)n1. The molecule has 0 aromatic carbocycles.